The number of aldehydes is 1. The van der Waals surface area contributed by atoms with Gasteiger partial charge < -0.3 is 0 Å². The molecule has 0 bridgehead atoms. The van der Waals surface area contributed by atoms with E-state index < -0.39 is 0 Å². The lowest BCUT2D eigenvalue weighted by Gasteiger charge is -1.87. The Balaban J connectivity index is 2.37. The van der Waals surface area contributed by atoms with E-state index in [0.29, 0.717) is 17.1 Å². The molecule has 1 nitrogen and oxygen atoms in total. The highest BCUT2D eigenvalue weighted by atomic mass is 32.1. The molecule has 1 aromatic rings. The first kappa shape index (κ1) is 6.98. The number of halogens is 1. The summed E-state index contributed by atoms with van der Waals surface area (Å²) < 4.78 is 12.9. The minimum Gasteiger partial charge on any atom is -0.297 e. The van der Waals surface area contributed by atoms with Gasteiger partial charge in [-0.25, -0.2) is 4.39 Å². The molecular weight excluding hydrogens is 163 g/mol. The quantitative estimate of drug-likeness (QED) is 0.623. The van der Waals surface area contributed by atoms with Crippen LogP contribution in [0.25, 0.3) is 0 Å². The number of carbonyl (C=O) groups is 1. The first-order valence-corrected chi connectivity index (χ1v) is 4.37. The summed E-state index contributed by atoms with van der Waals surface area (Å²) >= 11 is 1.29. The van der Waals surface area contributed by atoms with Crippen molar-refractivity contribution in [3.63, 3.8) is 0 Å². The van der Waals surface area contributed by atoms with Crippen molar-refractivity contribution in [2.24, 2.45) is 0 Å². The first-order valence-electron chi connectivity index (χ1n) is 3.55. The lowest BCUT2D eigenvalue weighted by molar-refractivity contribution is 0.112. The summed E-state index contributed by atoms with van der Waals surface area (Å²) in [6, 6.07) is 1.32. The molecule has 0 radical (unpaired) electrons. The van der Waals surface area contributed by atoms with Crippen LogP contribution in [0.15, 0.2) is 6.07 Å². The number of hydrogen-bond acceptors (Lipinski definition) is 2. The van der Waals surface area contributed by atoms with Crippen LogP contribution in [0.1, 0.15) is 33.3 Å². The number of hydrogen-bond donors (Lipinski definition) is 0. The molecule has 58 valence electrons. The zero-order valence-electron chi connectivity index (χ0n) is 5.84. The monoisotopic (exact) mass is 170 g/mol. The smallest absolute Gasteiger partial charge is 0.160 e. The molecule has 0 saturated heterocycles. The van der Waals surface area contributed by atoms with Gasteiger partial charge in [0, 0.05) is 4.88 Å². The van der Waals surface area contributed by atoms with Crippen LogP contribution >= 0.6 is 11.3 Å². The van der Waals surface area contributed by atoms with Gasteiger partial charge >= 0.3 is 0 Å². The van der Waals surface area contributed by atoms with Crippen molar-refractivity contribution >= 4 is 17.6 Å². The van der Waals surface area contributed by atoms with Crippen LogP contribution in [0.3, 0.4) is 0 Å². The van der Waals surface area contributed by atoms with Gasteiger partial charge in [-0.05, 0) is 24.8 Å². The fraction of sp³-hybridized carbons (Fsp3) is 0.375. The minimum atomic E-state index is -0.195. The molecule has 0 aliphatic heterocycles. The Morgan fingerprint density at radius 1 is 1.64 bits per heavy atom. The molecule has 1 saturated carbocycles. The van der Waals surface area contributed by atoms with Crippen LogP contribution < -0.4 is 0 Å². The van der Waals surface area contributed by atoms with Crippen molar-refractivity contribution in [2.45, 2.75) is 18.8 Å². The maximum absolute atomic E-state index is 12.9. The van der Waals surface area contributed by atoms with E-state index in [1.807, 2.05) is 0 Å². The van der Waals surface area contributed by atoms with E-state index >= 15 is 0 Å². The molecule has 0 spiro atoms. The van der Waals surface area contributed by atoms with Crippen LogP contribution in [-0.4, -0.2) is 6.29 Å². The van der Waals surface area contributed by atoms with E-state index in [9.17, 15) is 9.18 Å². The van der Waals surface area contributed by atoms with Gasteiger partial charge in [0.05, 0.1) is 4.88 Å². The third kappa shape index (κ3) is 1.20. The summed E-state index contributed by atoms with van der Waals surface area (Å²) in [5, 5.41) is 0. The highest BCUT2D eigenvalue weighted by molar-refractivity contribution is 7.13. The summed E-state index contributed by atoms with van der Waals surface area (Å²) in [7, 11) is 0. The van der Waals surface area contributed by atoms with Crippen molar-refractivity contribution in [1.29, 1.82) is 0 Å². The Labute approximate surface area is 67.9 Å². The van der Waals surface area contributed by atoms with Crippen molar-refractivity contribution in [3.8, 4) is 0 Å². The maximum Gasteiger partial charge on any atom is 0.160 e. The van der Waals surface area contributed by atoms with Gasteiger partial charge in [-0.3, -0.25) is 4.79 Å². The zero-order chi connectivity index (χ0) is 7.84. The SMILES string of the molecule is O=Cc1cc(F)c(C2CC2)s1. The van der Waals surface area contributed by atoms with E-state index in [4.69, 9.17) is 0 Å². The number of carbonyl (C=O) groups excluding carboxylic acids is 1. The third-order valence-electron chi connectivity index (χ3n) is 1.80. The fourth-order valence-electron chi connectivity index (χ4n) is 1.08. The summed E-state index contributed by atoms with van der Waals surface area (Å²) in [5.41, 5.74) is 0. The second-order valence-electron chi connectivity index (χ2n) is 2.75. The summed E-state index contributed by atoms with van der Waals surface area (Å²) in [5.74, 6) is 0.216. The predicted octanol–water partition coefficient (Wildman–Crippen LogP) is 2.58. The van der Waals surface area contributed by atoms with Crippen LogP contribution in [-0.2, 0) is 0 Å². The van der Waals surface area contributed by atoms with Crippen molar-refractivity contribution < 1.29 is 9.18 Å². The molecule has 0 amide bonds. The Hall–Kier alpha value is -0.700. The molecule has 0 N–H and O–H groups in total. The molecule has 0 aromatic carbocycles. The second-order valence-corrected chi connectivity index (χ2v) is 3.87. The second kappa shape index (κ2) is 2.41. The largest absolute Gasteiger partial charge is 0.297 e. The van der Waals surface area contributed by atoms with Gasteiger partial charge in [-0.1, -0.05) is 0 Å². The number of rotatable bonds is 2. The fourth-order valence-corrected chi connectivity index (χ4v) is 2.11. The van der Waals surface area contributed by atoms with E-state index in [0.717, 1.165) is 17.7 Å². The molecule has 3 heteroatoms. The standard InChI is InChI=1S/C8H7FOS/c9-7-3-6(4-10)11-8(7)5-1-2-5/h3-5H,1-2H2. The molecule has 1 aromatic heterocycles. The molecule has 1 fully saturated rings. The van der Waals surface area contributed by atoms with Gasteiger partial charge in [-0.2, -0.15) is 0 Å². The number of thiophene rings is 1. The predicted molar refractivity (Wildman–Crippen MR) is 41.6 cm³/mol. The highest BCUT2D eigenvalue weighted by Gasteiger charge is 2.28. The average molecular weight is 170 g/mol. The third-order valence-corrected chi connectivity index (χ3v) is 2.99. The van der Waals surface area contributed by atoms with E-state index in [-0.39, 0.29) is 5.82 Å². The molecule has 0 atom stereocenters. The van der Waals surface area contributed by atoms with E-state index in [2.05, 4.69) is 0 Å². The minimum absolute atomic E-state index is 0.195. The van der Waals surface area contributed by atoms with Gasteiger partial charge in [0.2, 0.25) is 0 Å². The maximum atomic E-state index is 12.9. The zero-order valence-corrected chi connectivity index (χ0v) is 6.66. The average Bonchev–Trinajstić information content (AvgIpc) is 2.76. The van der Waals surface area contributed by atoms with Crippen LogP contribution in [0.5, 0.6) is 0 Å². The molecule has 2 rings (SSSR count). The van der Waals surface area contributed by atoms with Crippen molar-refractivity contribution in [2.75, 3.05) is 0 Å². The van der Waals surface area contributed by atoms with E-state index in [1.54, 1.807) is 0 Å². The Morgan fingerprint density at radius 2 is 2.36 bits per heavy atom. The van der Waals surface area contributed by atoms with Gasteiger partial charge in [0.25, 0.3) is 0 Å². The molecule has 0 unspecified atom stereocenters. The normalized spacial score (nSPS) is 16.8. The first-order chi connectivity index (χ1) is 5.31. The molecular formula is C8H7FOS. The Morgan fingerprint density at radius 3 is 2.82 bits per heavy atom. The summed E-state index contributed by atoms with van der Waals surface area (Å²) in [4.78, 5) is 11.5. The van der Waals surface area contributed by atoms with Crippen LogP contribution in [0.4, 0.5) is 4.39 Å². The Kier molecular flexibility index (Phi) is 1.53. The summed E-state index contributed by atoms with van der Waals surface area (Å²) in [6.07, 6.45) is 2.87. The lowest BCUT2D eigenvalue weighted by Crippen LogP contribution is -1.73. The van der Waals surface area contributed by atoms with Crippen LogP contribution in [0, 0.1) is 5.82 Å². The summed E-state index contributed by atoms with van der Waals surface area (Å²) in [6.45, 7) is 0. The van der Waals surface area contributed by atoms with Crippen molar-refractivity contribution in [3.05, 3.63) is 21.6 Å². The molecule has 11 heavy (non-hydrogen) atoms. The lowest BCUT2D eigenvalue weighted by atomic mass is 10.3. The van der Waals surface area contributed by atoms with Crippen molar-refractivity contribution in [1.82, 2.24) is 0 Å². The molecule has 1 aliphatic carbocycles. The molecule has 1 heterocycles. The topological polar surface area (TPSA) is 17.1 Å². The highest BCUT2D eigenvalue weighted by Crippen LogP contribution is 2.44. The molecule has 1 aliphatic rings. The van der Waals surface area contributed by atoms with Gasteiger partial charge in [0.15, 0.2) is 6.29 Å². The van der Waals surface area contributed by atoms with Gasteiger partial charge in [-0.15, -0.1) is 11.3 Å². The van der Waals surface area contributed by atoms with Gasteiger partial charge in [0.1, 0.15) is 5.82 Å². The van der Waals surface area contributed by atoms with Crippen LogP contribution in [0.2, 0.25) is 0 Å². The van der Waals surface area contributed by atoms with E-state index in [1.165, 1.54) is 17.4 Å². The Bertz CT molecular complexity index is 288.